The van der Waals surface area contributed by atoms with Crippen molar-refractivity contribution in [3.63, 3.8) is 0 Å². The zero-order valence-electron chi connectivity index (χ0n) is 9.54. The molecule has 1 rings (SSSR count). The average molecular weight is 271 g/mol. The second kappa shape index (κ2) is 5.44. The molecular formula is C10H9NO6S. The van der Waals surface area contributed by atoms with Crippen molar-refractivity contribution in [2.75, 3.05) is 14.2 Å². The predicted octanol–water partition coefficient (Wildman–Crippen LogP) is 0.506. The minimum atomic E-state index is -4.36. The first kappa shape index (κ1) is 13.9. The number of rotatable bonds is 4. The van der Waals surface area contributed by atoms with Crippen molar-refractivity contribution in [2.24, 2.45) is 4.40 Å². The van der Waals surface area contributed by atoms with Crippen LogP contribution in [0.25, 0.3) is 0 Å². The SMILES string of the molecule is COC(=O)c1cccc(OC)c1S(=O)(=O)N=C=O. The maximum absolute atomic E-state index is 11.7. The van der Waals surface area contributed by atoms with Crippen LogP contribution in [-0.4, -0.2) is 34.7 Å². The second-order valence-corrected chi connectivity index (χ2v) is 4.53. The highest BCUT2D eigenvalue weighted by Crippen LogP contribution is 2.29. The van der Waals surface area contributed by atoms with Gasteiger partial charge in [0.15, 0.2) is 0 Å². The summed E-state index contributed by atoms with van der Waals surface area (Å²) in [6.07, 6.45) is 0.921. The number of carbonyl (C=O) groups excluding carboxylic acids is 2. The highest BCUT2D eigenvalue weighted by atomic mass is 32.2. The van der Waals surface area contributed by atoms with Crippen LogP contribution in [0.5, 0.6) is 5.75 Å². The van der Waals surface area contributed by atoms with Gasteiger partial charge in [0.25, 0.3) is 16.1 Å². The highest BCUT2D eigenvalue weighted by molar-refractivity contribution is 7.90. The van der Waals surface area contributed by atoms with Gasteiger partial charge >= 0.3 is 5.97 Å². The van der Waals surface area contributed by atoms with Gasteiger partial charge in [0.1, 0.15) is 10.6 Å². The van der Waals surface area contributed by atoms with Crippen LogP contribution < -0.4 is 4.74 Å². The fourth-order valence-electron chi connectivity index (χ4n) is 1.31. The molecule has 0 atom stereocenters. The van der Waals surface area contributed by atoms with Crippen LogP contribution >= 0.6 is 0 Å². The number of esters is 1. The van der Waals surface area contributed by atoms with Crippen LogP contribution in [0, 0.1) is 0 Å². The Labute approximate surface area is 103 Å². The van der Waals surface area contributed by atoms with E-state index in [4.69, 9.17) is 4.74 Å². The highest BCUT2D eigenvalue weighted by Gasteiger charge is 2.27. The fraction of sp³-hybridized carbons (Fsp3) is 0.200. The molecule has 1 aromatic rings. The van der Waals surface area contributed by atoms with Gasteiger partial charge in [0, 0.05) is 0 Å². The van der Waals surface area contributed by atoms with E-state index in [1.807, 2.05) is 0 Å². The molecule has 8 heteroatoms. The average Bonchev–Trinajstić information content (AvgIpc) is 2.36. The summed E-state index contributed by atoms with van der Waals surface area (Å²) >= 11 is 0. The Morgan fingerprint density at radius 3 is 2.50 bits per heavy atom. The molecular weight excluding hydrogens is 262 g/mol. The smallest absolute Gasteiger partial charge is 0.339 e. The van der Waals surface area contributed by atoms with Crippen molar-refractivity contribution in [3.8, 4) is 5.75 Å². The Hall–Kier alpha value is -2.18. The minimum absolute atomic E-state index is 0.114. The van der Waals surface area contributed by atoms with E-state index in [1.54, 1.807) is 0 Å². The number of hydrogen-bond acceptors (Lipinski definition) is 6. The molecule has 0 saturated carbocycles. The zero-order valence-corrected chi connectivity index (χ0v) is 10.4. The van der Waals surface area contributed by atoms with E-state index in [-0.39, 0.29) is 11.3 Å². The van der Waals surface area contributed by atoms with Crippen molar-refractivity contribution in [1.82, 2.24) is 0 Å². The second-order valence-electron chi connectivity index (χ2n) is 2.99. The number of isocyanates is 1. The predicted molar refractivity (Wildman–Crippen MR) is 59.6 cm³/mol. The quantitative estimate of drug-likeness (QED) is 0.449. The summed E-state index contributed by atoms with van der Waals surface area (Å²) in [4.78, 5) is 21.1. The lowest BCUT2D eigenvalue weighted by atomic mass is 10.2. The zero-order chi connectivity index (χ0) is 13.8. The van der Waals surface area contributed by atoms with Gasteiger partial charge in [-0.15, -0.1) is 0 Å². The summed E-state index contributed by atoms with van der Waals surface area (Å²) < 4.78 is 35.5. The molecule has 0 fully saturated rings. The van der Waals surface area contributed by atoms with Gasteiger partial charge in [-0.3, -0.25) is 0 Å². The van der Waals surface area contributed by atoms with Crippen molar-refractivity contribution >= 4 is 22.1 Å². The molecule has 0 heterocycles. The lowest BCUT2D eigenvalue weighted by molar-refractivity contribution is 0.0595. The van der Waals surface area contributed by atoms with Crippen molar-refractivity contribution in [3.05, 3.63) is 23.8 Å². The van der Waals surface area contributed by atoms with Crippen molar-refractivity contribution < 1.29 is 27.5 Å². The van der Waals surface area contributed by atoms with Crippen LogP contribution in [0.1, 0.15) is 10.4 Å². The largest absolute Gasteiger partial charge is 0.495 e. The van der Waals surface area contributed by atoms with E-state index in [0.29, 0.717) is 0 Å². The Morgan fingerprint density at radius 1 is 1.33 bits per heavy atom. The Morgan fingerprint density at radius 2 is 2.00 bits per heavy atom. The number of ether oxygens (including phenoxy) is 2. The number of sulfonamides is 1. The first-order chi connectivity index (χ1) is 8.47. The molecule has 0 amide bonds. The molecule has 0 unspecified atom stereocenters. The maximum atomic E-state index is 11.7. The number of hydrogen-bond donors (Lipinski definition) is 0. The lowest BCUT2D eigenvalue weighted by Gasteiger charge is -2.09. The lowest BCUT2D eigenvalue weighted by Crippen LogP contribution is -2.10. The Bertz CT molecular complexity index is 615. The van der Waals surface area contributed by atoms with E-state index in [9.17, 15) is 18.0 Å². The maximum Gasteiger partial charge on any atom is 0.339 e. The first-order valence-corrected chi connectivity index (χ1v) is 6.01. The molecule has 96 valence electrons. The monoisotopic (exact) mass is 271 g/mol. The summed E-state index contributed by atoms with van der Waals surface area (Å²) in [7, 11) is -2.04. The van der Waals surface area contributed by atoms with Crippen LogP contribution in [-0.2, 0) is 19.6 Å². The number of nitrogens with zero attached hydrogens (tertiary/aromatic N) is 1. The molecule has 0 aromatic heterocycles. The van der Waals surface area contributed by atoms with E-state index in [0.717, 1.165) is 13.2 Å². The number of benzene rings is 1. The fourth-order valence-corrected chi connectivity index (χ4v) is 2.33. The molecule has 0 radical (unpaired) electrons. The third-order valence-corrected chi connectivity index (χ3v) is 3.27. The number of carbonyl (C=O) groups is 1. The van der Waals surface area contributed by atoms with E-state index >= 15 is 0 Å². The first-order valence-electron chi connectivity index (χ1n) is 4.57. The van der Waals surface area contributed by atoms with E-state index in [1.165, 1.54) is 25.3 Å². The summed E-state index contributed by atoms with van der Waals surface area (Å²) in [5.74, 6) is -0.995. The third kappa shape index (κ3) is 2.55. The standard InChI is InChI=1S/C10H9NO6S/c1-16-8-5-3-4-7(10(13)17-2)9(8)18(14,15)11-6-12/h3-5H,1-2H3. The van der Waals surface area contributed by atoms with Crippen LogP contribution in [0.15, 0.2) is 27.5 Å². The Balaban J connectivity index is 3.67. The molecule has 1 aromatic carbocycles. The molecule has 0 aliphatic heterocycles. The van der Waals surface area contributed by atoms with Gasteiger partial charge in [-0.25, -0.2) is 9.59 Å². The summed E-state index contributed by atoms with van der Waals surface area (Å²) in [6, 6.07) is 3.95. The van der Waals surface area contributed by atoms with Gasteiger partial charge in [-0.2, -0.15) is 8.42 Å². The summed E-state index contributed by atoms with van der Waals surface area (Å²) in [5, 5.41) is 0. The molecule has 7 nitrogen and oxygen atoms in total. The molecule has 0 aliphatic rings. The van der Waals surface area contributed by atoms with Crippen LogP contribution in [0.3, 0.4) is 0 Å². The molecule has 0 aliphatic carbocycles. The molecule has 0 N–H and O–H groups in total. The molecule has 0 bridgehead atoms. The topological polar surface area (TPSA) is 99.1 Å². The molecule has 0 saturated heterocycles. The van der Waals surface area contributed by atoms with Crippen LogP contribution in [0.2, 0.25) is 0 Å². The molecule has 18 heavy (non-hydrogen) atoms. The number of methoxy groups -OCH3 is 2. The third-order valence-electron chi connectivity index (χ3n) is 2.02. The van der Waals surface area contributed by atoms with Crippen LogP contribution in [0.4, 0.5) is 0 Å². The van der Waals surface area contributed by atoms with Crippen molar-refractivity contribution in [1.29, 1.82) is 0 Å². The van der Waals surface area contributed by atoms with Gasteiger partial charge in [0.2, 0.25) is 0 Å². The van der Waals surface area contributed by atoms with E-state index in [2.05, 4.69) is 9.13 Å². The van der Waals surface area contributed by atoms with Crippen molar-refractivity contribution in [2.45, 2.75) is 4.90 Å². The Kier molecular flexibility index (Phi) is 4.19. The summed E-state index contributed by atoms with van der Waals surface area (Å²) in [6.45, 7) is 0. The van der Waals surface area contributed by atoms with Gasteiger partial charge in [0.05, 0.1) is 19.8 Å². The van der Waals surface area contributed by atoms with Gasteiger partial charge in [-0.1, -0.05) is 10.5 Å². The molecule has 0 spiro atoms. The normalized spacial score (nSPS) is 10.3. The van der Waals surface area contributed by atoms with Gasteiger partial charge < -0.3 is 9.47 Å². The minimum Gasteiger partial charge on any atom is -0.495 e. The van der Waals surface area contributed by atoms with Gasteiger partial charge in [-0.05, 0) is 12.1 Å². The van der Waals surface area contributed by atoms with E-state index < -0.39 is 20.9 Å². The summed E-state index contributed by atoms with van der Waals surface area (Å²) in [5.41, 5.74) is -0.268.